The SMILES string of the molecule is Oc1ccccc1-c1ccccc1OP1OCO1. The van der Waals surface area contributed by atoms with E-state index in [4.69, 9.17) is 13.6 Å². The van der Waals surface area contributed by atoms with E-state index in [1.165, 1.54) is 0 Å². The molecule has 0 atom stereocenters. The van der Waals surface area contributed by atoms with Crippen molar-refractivity contribution in [2.45, 2.75) is 0 Å². The molecule has 0 bridgehead atoms. The molecule has 1 heterocycles. The molecule has 1 aliphatic heterocycles. The van der Waals surface area contributed by atoms with Crippen LogP contribution in [0, 0.1) is 0 Å². The highest BCUT2D eigenvalue weighted by atomic mass is 31.2. The van der Waals surface area contributed by atoms with Crippen LogP contribution in [0.15, 0.2) is 48.5 Å². The first-order valence-corrected chi connectivity index (χ1v) is 6.55. The summed E-state index contributed by atoms with van der Waals surface area (Å²) in [7, 11) is -1.27. The van der Waals surface area contributed by atoms with Gasteiger partial charge in [-0.1, -0.05) is 36.4 Å². The molecule has 1 N–H and O–H groups in total. The number of phenols is 1. The van der Waals surface area contributed by atoms with E-state index >= 15 is 0 Å². The van der Waals surface area contributed by atoms with Crippen LogP contribution in [0.25, 0.3) is 11.1 Å². The summed E-state index contributed by atoms with van der Waals surface area (Å²) in [5, 5.41) is 9.88. The maximum Gasteiger partial charge on any atom is 0.401 e. The van der Waals surface area contributed by atoms with E-state index in [0.717, 1.165) is 11.1 Å². The van der Waals surface area contributed by atoms with Crippen LogP contribution in [-0.4, -0.2) is 11.9 Å². The lowest BCUT2D eigenvalue weighted by Crippen LogP contribution is -2.09. The molecule has 3 rings (SSSR count). The lowest BCUT2D eigenvalue weighted by molar-refractivity contribution is 0.0109. The molecule has 18 heavy (non-hydrogen) atoms. The molecule has 0 amide bonds. The van der Waals surface area contributed by atoms with E-state index in [1.54, 1.807) is 12.1 Å². The predicted molar refractivity (Wildman–Crippen MR) is 68.1 cm³/mol. The summed E-state index contributed by atoms with van der Waals surface area (Å²) in [4.78, 5) is 0. The fourth-order valence-corrected chi connectivity index (χ4v) is 2.32. The highest BCUT2D eigenvalue weighted by Crippen LogP contribution is 2.50. The number of para-hydroxylation sites is 2. The molecule has 1 fully saturated rings. The molecular formula is C13H11O4P. The Labute approximate surface area is 106 Å². The van der Waals surface area contributed by atoms with Gasteiger partial charge in [-0.2, -0.15) is 0 Å². The van der Waals surface area contributed by atoms with Gasteiger partial charge in [0.2, 0.25) is 0 Å². The lowest BCUT2D eigenvalue weighted by Gasteiger charge is -2.24. The van der Waals surface area contributed by atoms with Gasteiger partial charge in [-0.15, -0.1) is 0 Å². The summed E-state index contributed by atoms with van der Waals surface area (Å²) in [6.07, 6.45) is 0. The van der Waals surface area contributed by atoms with Gasteiger partial charge in [0.15, 0.2) is 6.79 Å². The van der Waals surface area contributed by atoms with Crippen molar-refractivity contribution >= 4 is 8.60 Å². The Morgan fingerprint density at radius 1 is 0.944 bits per heavy atom. The topological polar surface area (TPSA) is 47.9 Å². The number of phenolic OH excluding ortho intramolecular Hbond substituents is 1. The van der Waals surface area contributed by atoms with Crippen LogP contribution in [0.2, 0.25) is 0 Å². The van der Waals surface area contributed by atoms with Crippen molar-refractivity contribution < 1.29 is 18.7 Å². The Morgan fingerprint density at radius 3 is 2.28 bits per heavy atom. The van der Waals surface area contributed by atoms with Gasteiger partial charge >= 0.3 is 8.60 Å². The number of hydrogen-bond acceptors (Lipinski definition) is 4. The molecule has 1 saturated heterocycles. The van der Waals surface area contributed by atoms with E-state index in [2.05, 4.69) is 0 Å². The van der Waals surface area contributed by atoms with Gasteiger partial charge in [-0.25, -0.2) is 0 Å². The second kappa shape index (κ2) is 4.94. The summed E-state index contributed by atoms with van der Waals surface area (Å²) in [5.74, 6) is 0.863. The van der Waals surface area contributed by atoms with E-state index in [1.807, 2.05) is 36.4 Å². The third-order valence-electron chi connectivity index (χ3n) is 2.57. The molecule has 0 radical (unpaired) electrons. The van der Waals surface area contributed by atoms with Crippen LogP contribution in [0.4, 0.5) is 0 Å². The standard InChI is InChI=1S/C13H11O4P/c14-12-7-3-1-5-10(12)11-6-2-4-8-13(11)17-18-15-9-16-18/h1-8,14H,9H2. The first-order valence-electron chi connectivity index (χ1n) is 5.46. The summed E-state index contributed by atoms with van der Waals surface area (Å²) < 4.78 is 15.8. The van der Waals surface area contributed by atoms with E-state index in [0.29, 0.717) is 5.75 Å². The lowest BCUT2D eigenvalue weighted by atomic mass is 10.0. The molecule has 1 aliphatic rings. The zero-order chi connectivity index (χ0) is 12.4. The fourth-order valence-electron chi connectivity index (χ4n) is 1.70. The van der Waals surface area contributed by atoms with Crippen LogP contribution in [0.3, 0.4) is 0 Å². The maximum atomic E-state index is 9.88. The molecule has 0 aromatic heterocycles. The first kappa shape index (κ1) is 11.5. The van der Waals surface area contributed by atoms with Gasteiger partial charge < -0.3 is 9.63 Å². The number of rotatable bonds is 3. The Morgan fingerprint density at radius 2 is 1.61 bits per heavy atom. The average molecular weight is 262 g/mol. The summed E-state index contributed by atoms with van der Waals surface area (Å²) in [5.41, 5.74) is 1.54. The van der Waals surface area contributed by atoms with E-state index < -0.39 is 8.60 Å². The monoisotopic (exact) mass is 262 g/mol. The predicted octanol–water partition coefficient (Wildman–Crippen LogP) is 3.67. The molecule has 5 heteroatoms. The van der Waals surface area contributed by atoms with Crippen molar-refractivity contribution in [2.75, 3.05) is 6.79 Å². The van der Waals surface area contributed by atoms with Crippen molar-refractivity contribution in [3.05, 3.63) is 48.5 Å². The molecular weight excluding hydrogens is 251 g/mol. The van der Waals surface area contributed by atoms with Crippen LogP contribution in [-0.2, 0) is 9.05 Å². The minimum Gasteiger partial charge on any atom is -0.507 e. The summed E-state index contributed by atoms with van der Waals surface area (Å²) >= 11 is 0. The first-order chi connectivity index (χ1) is 8.84. The van der Waals surface area contributed by atoms with Gasteiger partial charge in [-0.05, 0) is 12.1 Å². The van der Waals surface area contributed by atoms with Crippen molar-refractivity contribution in [1.82, 2.24) is 0 Å². The third kappa shape index (κ3) is 2.18. The Bertz CT molecular complexity index is 554. The largest absolute Gasteiger partial charge is 0.507 e. The van der Waals surface area contributed by atoms with Crippen LogP contribution in [0.5, 0.6) is 11.5 Å². The number of aromatic hydroxyl groups is 1. The maximum absolute atomic E-state index is 9.88. The highest BCUT2D eigenvalue weighted by molar-refractivity contribution is 7.43. The van der Waals surface area contributed by atoms with E-state index in [-0.39, 0.29) is 12.5 Å². The normalized spacial score (nSPS) is 15.1. The minimum atomic E-state index is -1.27. The van der Waals surface area contributed by atoms with Gasteiger partial charge in [0, 0.05) is 11.1 Å². The molecule has 2 aromatic carbocycles. The Hall–Kier alpha value is -1.61. The van der Waals surface area contributed by atoms with Crippen molar-refractivity contribution in [2.24, 2.45) is 0 Å². The zero-order valence-corrected chi connectivity index (χ0v) is 10.3. The third-order valence-corrected chi connectivity index (χ3v) is 3.55. The summed E-state index contributed by atoms with van der Waals surface area (Å²) in [6, 6.07) is 14.6. The quantitative estimate of drug-likeness (QED) is 0.857. The number of benzene rings is 2. The van der Waals surface area contributed by atoms with Crippen molar-refractivity contribution in [3.63, 3.8) is 0 Å². The van der Waals surface area contributed by atoms with Gasteiger partial charge in [0.05, 0.1) is 0 Å². The summed E-state index contributed by atoms with van der Waals surface area (Å²) in [6.45, 7) is 0.282. The molecule has 0 aliphatic carbocycles. The second-order valence-electron chi connectivity index (χ2n) is 3.70. The smallest absolute Gasteiger partial charge is 0.401 e. The van der Waals surface area contributed by atoms with E-state index in [9.17, 15) is 5.11 Å². The van der Waals surface area contributed by atoms with Crippen LogP contribution in [0.1, 0.15) is 0 Å². The molecule has 0 saturated carbocycles. The number of hydrogen-bond donors (Lipinski definition) is 1. The fraction of sp³-hybridized carbons (Fsp3) is 0.0769. The van der Waals surface area contributed by atoms with Crippen molar-refractivity contribution in [3.8, 4) is 22.6 Å². The average Bonchev–Trinajstić information content (AvgIpc) is 2.35. The Kier molecular flexibility index (Phi) is 3.15. The molecule has 0 spiro atoms. The molecule has 0 unspecified atom stereocenters. The van der Waals surface area contributed by atoms with Gasteiger partial charge in [-0.3, -0.25) is 9.05 Å². The second-order valence-corrected chi connectivity index (χ2v) is 4.85. The van der Waals surface area contributed by atoms with Crippen molar-refractivity contribution in [1.29, 1.82) is 0 Å². The highest BCUT2D eigenvalue weighted by Gasteiger charge is 2.25. The molecule has 2 aromatic rings. The zero-order valence-electron chi connectivity index (χ0n) is 9.45. The molecule has 4 nitrogen and oxygen atoms in total. The van der Waals surface area contributed by atoms with Crippen LogP contribution >= 0.6 is 8.60 Å². The molecule has 92 valence electrons. The van der Waals surface area contributed by atoms with Crippen LogP contribution < -0.4 is 4.52 Å². The Balaban J connectivity index is 1.98. The van der Waals surface area contributed by atoms with Gasteiger partial charge in [0.1, 0.15) is 11.5 Å². The van der Waals surface area contributed by atoms with Gasteiger partial charge in [0.25, 0.3) is 0 Å². The minimum absolute atomic E-state index is 0.219.